The molecular formula is C17H15N3O3. The van der Waals surface area contributed by atoms with Gasteiger partial charge in [0.25, 0.3) is 5.91 Å². The molecule has 0 fully saturated rings. The zero-order valence-corrected chi connectivity index (χ0v) is 12.2. The van der Waals surface area contributed by atoms with E-state index in [0.29, 0.717) is 16.9 Å². The summed E-state index contributed by atoms with van der Waals surface area (Å²) in [6, 6.07) is 14.7. The molecule has 3 rings (SSSR count). The molecule has 1 atom stereocenters. The fraction of sp³-hybridized carbons (Fsp3) is 0.118. The summed E-state index contributed by atoms with van der Waals surface area (Å²) < 4.78 is 0. The molecule has 6 nitrogen and oxygen atoms in total. The molecule has 1 aliphatic rings. The molecule has 116 valence electrons. The summed E-state index contributed by atoms with van der Waals surface area (Å²) in [5.41, 5.74) is 1.47. The van der Waals surface area contributed by atoms with Crippen LogP contribution in [0.5, 0.6) is 0 Å². The van der Waals surface area contributed by atoms with Crippen molar-refractivity contribution in [2.75, 3.05) is 10.6 Å². The smallest absolute Gasteiger partial charge is 0.254 e. The Morgan fingerprint density at radius 3 is 2.48 bits per heavy atom. The largest absolute Gasteiger partial charge is 0.340 e. The monoisotopic (exact) mass is 309 g/mol. The highest BCUT2D eigenvalue weighted by molar-refractivity contribution is 6.11. The van der Waals surface area contributed by atoms with Gasteiger partial charge in [-0.25, -0.2) is 0 Å². The van der Waals surface area contributed by atoms with Gasteiger partial charge in [0.1, 0.15) is 6.04 Å². The number of hydrogen-bond donors (Lipinski definition) is 3. The number of carbonyl (C=O) groups excluding carboxylic acids is 3. The Morgan fingerprint density at radius 2 is 1.70 bits per heavy atom. The maximum absolute atomic E-state index is 12.2. The van der Waals surface area contributed by atoms with E-state index in [-0.39, 0.29) is 18.2 Å². The molecule has 3 amide bonds. The van der Waals surface area contributed by atoms with E-state index in [4.69, 9.17) is 0 Å². The minimum absolute atomic E-state index is 0.138. The zero-order chi connectivity index (χ0) is 16.2. The maximum atomic E-state index is 12.2. The normalized spacial score (nSPS) is 16.6. The van der Waals surface area contributed by atoms with Crippen LogP contribution in [0.2, 0.25) is 0 Å². The highest BCUT2D eigenvalue weighted by Gasteiger charge is 2.29. The summed E-state index contributed by atoms with van der Waals surface area (Å²) in [5, 5.41) is 7.96. The van der Waals surface area contributed by atoms with Crippen molar-refractivity contribution in [1.82, 2.24) is 5.32 Å². The lowest BCUT2D eigenvalue weighted by Gasteiger charge is -2.14. The van der Waals surface area contributed by atoms with E-state index in [1.54, 1.807) is 48.5 Å². The zero-order valence-electron chi connectivity index (χ0n) is 12.2. The SMILES string of the molecule is O=C(CC1NC(=O)c2ccccc2NC1=O)Nc1ccccc1. The third-order valence-corrected chi connectivity index (χ3v) is 3.50. The topological polar surface area (TPSA) is 87.3 Å². The molecule has 0 radical (unpaired) electrons. The first-order valence-electron chi connectivity index (χ1n) is 7.19. The third kappa shape index (κ3) is 3.37. The number of fused-ring (bicyclic) bond motifs is 1. The van der Waals surface area contributed by atoms with Crippen molar-refractivity contribution in [2.24, 2.45) is 0 Å². The van der Waals surface area contributed by atoms with Crippen molar-refractivity contribution >= 4 is 29.1 Å². The molecule has 2 aromatic rings. The highest BCUT2D eigenvalue weighted by atomic mass is 16.2. The van der Waals surface area contributed by atoms with Gasteiger partial charge < -0.3 is 16.0 Å². The van der Waals surface area contributed by atoms with Gasteiger partial charge in [0.15, 0.2) is 0 Å². The number of rotatable bonds is 3. The van der Waals surface area contributed by atoms with Crippen LogP contribution in [0.15, 0.2) is 54.6 Å². The minimum Gasteiger partial charge on any atom is -0.340 e. The first-order chi connectivity index (χ1) is 11.1. The summed E-state index contributed by atoms with van der Waals surface area (Å²) in [4.78, 5) is 36.4. The molecule has 0 saturated carbocycles. The van der Waals surface area contributed by atoms with Crippen molar-refractivity contribution in [3.8, 4) is 0 Å². The molecule has 0 aromatic heterocycles. The van der Waals surface area contributed by atoms with Gasteiger partial charge in [-0.05, 0) is 24.3 Å². The van der Waals surface area contributed by atoms with Crippen LogP contribution >= 0.6 is 0 Å². The Labute approximate surface area is 132 Å². The molecule has 6 heteroatoms. The summed E-state index contributed by atoms with van der Waals surface area (Å²) >= 11 is 0. The number of benzene rings is 2. The van der Waals surface area contributed by atoms with Crippen LogP contribution in [-0.4, -0.2) is 23.8 Å². The Balaban J connectivity index is 1.70. The van der Waals surface area contributed by atoms with E-state index in [1.165, 1.54) is 0 Å². The van der Waals surface area contributed by atoms with Crippen LogP contribution in [0.4, 0.5) is 11.4 Å². The van der Waals surface area contributed by atoms with Crippen LogP contribution in [0.1, 0.15) is 16.8 Å². The second kappa shape index (κ2) is 6.31. The standard InChI is InChI=1S/C17H15N3O3/c21-15(18-11-6-2-1-3-7-11)10-14-17(23)19-13-9-5-4-8-12(13)16(22)20-14/h1-9,14H,10H2,(H,18,21)(H,19,23)(H,20,22). The summed E-state index contributed by atoms with van der Waals surface area (Å²) in [5.74, 6) is -1.13. The molecule has 0 saturated heterocycles. The van der Waals surface area contributed by atoms with E-state index in [1.807, 2.05) is 6.07 Å². The van der Waals surface area contributed by atoms with Gasteiger partial charge >= 0.3 is 0 Å². The predicted octanol–water partition coefficient (Wildman–Crippen LogP) is 1.77. The number of anilines is 2. The molecule has 1 aliphatic heterocycles. The van der Waals surface area contributed by atoms with Crippen LogP contribution in [0, 0.1) is 0 Å². The summed E-state index contributed by atoms with van der Waals surface area (Å²) in [6.07, 6.45) is -0.138. The van der Waals surface area contributed by atoms with Gasteiger partial charge in [0, 0.05) is 5.69 Å². The fourth-order valence-electron chi connectivity index (χ4n) is 2.37. The molecule has 3 N–H and O–H groups in total. The van der Waals surface area contributed by atoms with E-state index < -0.39 is 11.9 Å². The van der Waals surface area contributed by atoms with Crippen molar-refractivity contribution in [2.45, 2.75) is 12.5 Å². The average molecular weight is 309 g/mol. The first-order valence-corrected chi connectivity index (χ1v) is 7.19. The second-order valence-corrected chi connectivity index (χ2v) is 5.18. The molecule has 1 unspecified atom stereocenters. The number of carbonyl (C=O) groups is 3. The number of hydrogen-bond acceptors (Lipinski definition) is 3. The molecule has 2 aromatic carbocycles. The van der Waals surface area contributed by atoms with Crippen LogP contribution in [0.25, 0.3) is 0 Å². The number of nitrogens with one attached hydrogen (secondary N) is 3. The molecular weight excluding hydrogens is 294 g/mol. The van der Waals surface area contributed by atoms with Gasteiger partial charge in [-0.1, -0.05) is 30.3 Å². The van der Waals surface area contributed by atoms with Gasteiger partial charge in [0.05, 0.1) is 17.7 Å². The maximum Gasteiger partial charge on any atom is 0.254 e. The molecule has 0 spiro atoms. The van der Waals surface area contributed by atoms with Gasteiger partial charge in [-0.15, -0.1) is 0 Å². The van der Waals surface area contributed by atoms with Crippen LogP contribution < -0.4 is 16.0 Å². The molecule has 23 heavy (non-hydrogen) atoms. The molecule has 0 bridgehead atoms. The van der Waals surface area contributed by atoms with Crippen LogP contribution in [0.3, 0.4) is 0 Å². The quantitative estimate of drug-likeness (QED) is 0.807. The molecule has 0 aliphatic carbocycles. The van der Waals surface area contributed by atoms with Crippen molar-refractivity contribution in [1.29, 1.82) is 0 Å². The minimum atomic E-state index is -0.918. The van der Waals surface area contributed by atoms with E-state index in [0.717, 1.165) is 0 Å². The van der Waals surface area contributed by atoms with Gasteiger partial charge in [-0.2, -0.15) is 0 Å². The van der Waals surface area contributed by atoms with Crippen molar-refractivity contribution in [3.63, 3.8) is 0 Å². The average Bonchev–Trinajstić information content (AvgIpc) is 2.66. The van der Waals surface area contributed by atoms with Gasteiger partial charge in [0.2, 0.25) is 11.8 Å². The Morgan fingerprint density at radius 1 is 1.00 bits per heavy atom. The van der Waals surface area contributed by atoms with E-state index in [9.17, 15) is 14.4 Å². The second-order valence-electron chi connectivity index (χ2n) is 5.18. The van der Waals surface area contributed by atoms with Crippen molar-refractivity contribution < 1.29 is 14.4 Å². The van der Waals surface area contributed by atoms with E-state index in [2.05, 4.69) is 16.0 Å². The predicted molar refractivity (Wildman–Crippen MR) is 86.0 cm³/mol. The van der Waals surface area contributed by atoms with Crippen LogP contribution in [-0.2, 0) is 9.59 Å². The summed E-state index contributed by atoms with van der Waals surface area (Å²) in [6.45, 7) is 0. The third-order valence-electron chi connectivity index (χ3n) is 3.50. The molecule has 1 heterocycles. The Hall–Kier alpha value is -3.15. The highest BCUT2D eigenvalue weighted by Crippen LogP contribution is 2.19. The van der Waals surface area contributed by atoms with Gasteiger partial charge in [-0.3, -0.25) is 14.4 Å². The first kappa shape index (κ1) is 14.8. The van der Waals surface area contributed by atoms with Crippen molar-refractivity contribution in [3.05, 3.63) is 60.2 Å². The Bertz CT molecular complexity index is 759. The van der Waals surface area contributed by atoms with E-state index >= 15 is 0 Å². The lowest BCUT2D eigenvalue weighted by molar-refractivity contribution is -0.122. The number of amides is 3. The number of para-hydroxylation sites is 2. The lowest BCUT2D eigenvalue weighted by atomic mass is 10.1. The summed E-state index contributed by atoms with van der Waals surface area (Å²) in [7, 11) is 0. The Kier molecular flexibility index (Phi) is 4.05. The lowest BCUT2D eigenvalue weighted by Crippen LogP contribution is -2.43. The fourth-order valence-corrected chi connectivity index (χ4v) is 2.37.